The van der Waals surface area contributed by atoms with E-state index in [9.17, 15) is 4.79 Å². The molecule has 0 spiro atoms. The number of amides is 1. The van der Waals surface area contributed by atoms with Crippen LogP contribution in [0.4, 0.5) is 0 Å². The second-order valence-corrected chi connectivity index (χ2v) is 11.0. The van der Waals surface area contributed by atoms with E-state index in [4.69, 9.17) is 9.57 Å². The fraction of sp³-hybridized carbons (Fsp3) is 0.957. The van der Waals surface area contributed by atoms with Gasteiger partial charge in [0, 0.05) is 37.0 Å². The van der Waals surface area contributed by atoms with E-state index in [0.29, 0.717) is 41.8 Å². The normalized spacial score (nSPS) is 44.7. The van der Waals surface area contributed by atoms with Crippen molar-refractivity contribution in [1.29, 1.82) is 0 Å². The van der Waals surface area contributed by atoms with Crippen molar-refractivity contribution in [1.82, 2.24) is 26.1 Å². The van der Waals surface area contributed by atoms with Gasteiger partial charge in [-0.05, 0) is 63.7 Å². The Kier molecular flexibility index (Phi) is 5.73. The molecular weight excluding hydrogens is 394 g/mol. The molecule has 1 amide bonds. The third-order valence-corrected chi connectivity index (χ3v) is 9.12. The topological polar surface area (TPSA) is 78.1 Å². The van der Waals surface area contributed by atoms with Crippen molar-refractivity contribution in [2.75, 3.05) is 26.3 Å². The minimum absolute atomic E-state index is 0.0935. The molecule has 0 aromatic rings. The van der Waals surface area contributed by atoms with Crippen LogP contribution >= 0.6 is 0 Å². The zero-order valence-electron chi connectivity index (χ0n) is 18.8. The van der Waals surface area contributed by atoms with Gasteiger partial charge in [-0.15, -0.1) is 0 Å². The van der Waals surface area contributed by atoms with E-state index >= 15 is 0 Å². The van der Waals surface area contributed by atoms with Crippen molar-refractivity contribution in [2.24, 2.45) is 23.7 Å². The van der Waals surface area contributed by atoms with E-state index in [1.165, 1.54) is 25.7 Å². The number of nitrogens with one attached hydrogen (secondary N) is 3. The molecule has 4 saturated heterocycles. The van der Waals surface area contributed by atoms with Gasteiger partial charge in [-0.1, -0.05) is 6.42 Å². The van der Waals surface area contributed by atoms with Crippen molar-refractivity contribution in [3.8, 4) is 0 Å². The lowest BCUT2D eigenvalue weighted by Gasteiger charge is -2.43. The third-order valence-electron chi connectivity index (χ3n) is 9.12. The number of hydrazine groups is 1. The SMILES string of the molecule is C[C@@H]1C[C@@H](C2NOC(C3CCC4CNN(C5COC5)C4C3)N2)CCN1C(=O)C1CCC1. The number of ether oxygens (including phenoxy) is 1. The Labute approximate surface area is 185 Å². The van der Waals surface area contributed by atoms with Crippen molar-refractivity contribution in [3.63, 3.8) is 0 Å². The van der Waals surface area contributed by atoms with Gasteiger partial charge in [-0.2, -0.15) is 5.48 Å². The summed E-state index contributed by atoms with van der Waals surface area (Å²) in [7, 11) is 0. The van der Waals surface area contributed by atoms with Crippen LogP contribution in [-0.2, 0) is 14.4 Å². The van der Waals surface area contributed by atoms with Crippen LogP contribution in [0.1, 0.15) is 58.3 Å². The summed E-state index contributed by atoms with van der Waals surface area (Å²) in [6.07, 6.45) is 9.50. The molecule has 8 nitrogen and oxygen atoms in total. The van der Waals surface area contributed by atoms with Gasteiger partial charge in [0.2, 0.25) is 5.91 Å². The highest BCUT2D eigenvalue weighted by molar-refractivity contribution is 5.80. The van der Waals surface area contributed by atoms with Gasteiger partial charge in [0.25, 0.3) is 0 Å². The number of hydrogen-bond donors (Lipinski definition) is 3. The lowest BCUT2D eigenvalue weighted by atomic mass is 9.77. The van der Waals surface area contributed by atoms with E-state index in [2.05, 4.69) is 33.1 Å². The third kappa shape index (κ3) is 3.83. The largest absolute Gasteiger partial charge is 0.378 e. The summed E-state index contributed by atoms with van der Waals surface area (Å²) in [5.41, 5.74) is 6.99. The van der Waals surface area contributed by atoms with Crippen LogP contribution in [0, 0.1) is 23.7 Å². The van der Waals surface area contributed by atoms with Crippen molar-refractivity contribution in [3.05, 3.63) is 0 Å². The van der Waals surface area contributed by atoms with Crippen molar-refractivity contribution < 1.29 is 14.4 Å². The fourth-order valence-corrected chi connectivity index (χ4v) is 6.80. The van der Waals surface area contributed by atoms with Crippen LogP contribution in [-0.4, -0.2) is 72.6 Å². The molecule has 6 aliphatic rings. The number of likely N-dealkylation sites (tertiary alicyclic amines) is 1. The van der Waals surface area contributed by atoms with Gasteiger partial charge in [-0.3, -0.25) is 20.4 Å². The molecule has 7 atom stereocenters. The molecule has 4 aliphatic heterocycles. The average molecular weight is 434 g/mol. The lowest BCUT2D eigenvalue weighted by molar-refractivity contribution is -0.142. The highest BCUT2D eigenvalue weighted by Gasteiger charge is 2.47. The van der Waals surface area contributed by atoms with Gasteiger partial charge in [0.1, 0.15) is 6.23 Å². The maximum atomic E-state index is 12.7. The first-order valence-electron chi connectivity index (χ1n) is 12.7. The summed E-state index contributed by atoms with van der Waals surface area (Å²) in [6, 6.07) is 1.48. The standard InChI is InChI=1S/C23H39N5O3/c1-14-9-16(7-8-27(14)23(29)15-3-2-4-15)21-25-22(31-26-21)17-5-6-18-11-24-28(20(18)10-17)19-12-30-13-19/h14-22,24-26H,2-13H2,1H3/t14-,16+,17?,18?,20?,21?,22?/m1/s1. The Morgan fingerprint density at radius 2 is 1.84 bits per heavy atom. The molecule has 0 aromatic heterocycles. The molecular formula is C23H39N5O3. The van der Waals surface area contributed by atoms with Crippen molar-refractivity contribution in [2.45, 2.75) is 88.8 Å². The van der Waals surface area contributed by atoms with Gasteiger partial charge in [0.05, 0.1) is 25.4 Å². The highest BCUT2D eigenvalue weighted by Crippen LogP contribution is 2.39. The Morgan fingerprint density at radius 3 is 2.55 bits per heavy atom. The van der Waals surface area contributed by atoms with E-state index in [1.807, 2.05) is 0 Å². The smallest absolute Gasteiger partial charge is 0.225 e. The Morgan fingerprint density at radius 1 is 1.00 bits per heavy atom. The molecule has 2 aliphatic carbocycles. The molecule has 4 heterocycles. The van der Waals surface area contributed by atoms with Gasteiger partial charge < -0.3 is 9.64 Å². The number of fused-ring (bicyclic) bond motifs is 1. The molecule has 2 saturated carbocycles. The number of rotatable bonds is 4. The second-order valence-electron chi connectivity index (χ2n) is 11.0. The Bertz CT molecular complexity index is 672. The summed E-state index contributed by atoms with van der Waals surface area (Å²) in [4.78, 5) is 21.0. The molecule has 174 valence electrons. The van der Waals surface area contributed by atoms with Crippen molar-refractivity contribution >= 4 is 5.91 Å². The second kappa shape index (κ2) is 8.54. The maximum Gasteiger partial charge on any atom is 0.225 e. The molecule has 6 fully saturated rings. The number of hydroxylamine groups is 1. The van der Waals surface area contributed by atoms with Gasteiger partial charge in [0.15, 0.2) is 0 Å². The lowest BCUT2D eigenvalue weighted by Crippen LogP contribution is -2.57. The summed E-state index contributed by atoms with van der Waals surface area (Å²) in [5, 5.41) is 6.29. The minimum Gasteiger partial charge on any atom is -0.378 e. The first-order chi connectivity index (χ1) is 15.2. The van der Waals surface area contributed by atoms with E-state index in [-0.39, 0.29) is 12.4 Å². The Hall–Kier alpha value is -0.770. The van der Waals surface area contributed by atoms with E-state index in [1.54, 1.807) is 0 Å². The first kappa shape index (κ1) is 20.8. The van der Waals surface area contributed by atoms with Crippen LogP contribution in [0.3, 0.4) is 0 Å². The van der Waals surface area contributed by atoms with Crippen LogP contribution in [0.25, 0.3) is 0 Å². The molecule has 8 heteroatoms. The molecule has 0 bridgehead atoms. The van der Waals surface area contributed by atoms with Crippen LogP contribution < -0.4 is 16.2 Å². The maximum absolute atomic E-state index is 12.7. The van der Waals surface area contributed by atoms with E-state index < -0.39 is 0 Å². The number of nitrogens with zero attached hydrogens (tertiary/aromatic N) is 2. The monoisotopic (exact) mass is 433 g/mol. The summed E-state index contributed by atoms with van der Waals surface area (Å²) in [6.45, 7) is 5.96. The fourth-order valence-electron chi connectivity index (χ4n) is 6.80. The Balaban J connectivity index is 1.02. The highest BCUT2D eigenvalue weighted by atomic mass is 16.7. The molecule has 6 rings (SSSR count). The predicted molar refractivity (Wildman–Crippen MR) is 115 cm³/mol. The molecule has 3 N–H and O–H groups in total. The van der Waals surface area contributed by atoms with Crippen LogP contribution in [0.15, 0.2) is 0 Å². The summed E-state index contributed by atoms with van der Waals surface area (Å²) >= 11 is 0. The predicted octanol–water partition coefficient (Wildman–Crippen LogP) is 1.19. The molecule has 5 unspecified atom stereocenters. The van der Waals surface area contributed by atoms with Gasteiger partial charge >= 0.3 is 0 Å². The number of carbonyl (C=O) groups is 1. The first-order valence-corrected chi connectivity index (χ1v) is 12.7. The van der Waals surface area contributed by atoms with Gasteiger partial charge in [-0.25, -0.2) is 5.01 Å². The zero-order valence-corrected chi connectivity index (χ0v) is 18.8. The number of piperidine rings is 1. The number of hydrogen-bond acceptors (Lipinski definition) is 7. The van der Waals surface area contributed by atoms with Crippen LogP contribution in [0.2, 0.25) is 0 Å². The number of carbonyl (C=O) groups excluding carboxylic acids is 1. The zero-order chi connectivity index (χ0) is 20.9. The quantitative estimate of drug-likeness (QED) is 0.615. The molecule has 31 heavy (non-hydrogen) atoms. The molecule has 0 radical (unpaired) electrons. The molecule has 0 aromatic carbocycles. The van der Waals surface area contributed by atoms with Crippen LogP contribution in [0.5, 0.6) is 0 Å². The summed E-state index contributed by atoms with van der Waals surface area (Å²) < 4.78 is 5.44. The van der Waals surface area contributed by atoms with E-state index in [0.717, 1.165) is 57.9 Å². The summed E-state index contributed by atoms with van der Waals surface area (Å²) in [5.74, 6) is 2.53. The minimum atomic E-state index is 0.0935. The average Bonchev–Trinajstić information content (AvgIpc) is 3.33.